The summed E-state index contributed by atoms with van der Waals surface area (Å²) in [4.78, 5) is 29.2. The molecule has 1 aromatic rings. The van der Waals surface area contributed by atoms with Crippen molar-refractivity contribution in [2.45, 2.75) is 69.7 Å². The highest BCUT2D eigenvalue weighted by Gasteiger charge is 2.46. The molecule has 3 amide bonds. The third-order valence-corrected chi connectivity index (χ3v) is 6.91. The van der Waals surface area contributed by atoms with Gasteiger partial charge in [-0.1, -0.05) is 24.3 Å². The molecule has 1 aromatic carbocycles. The van der Waals surface area contributed by atoms with Crippen molar-refractivity contribution in [3.63, 3.8) is 0 Å². The smallest absolute Gasteiger partial charge is 0.317 e. The minimum atomic E-state index is 0.0527. The Kier molecular flexibility index (Phi) is 5.35. The molecule has 0 aromatic heterocycles. The number of fused-ring (bicyclic) bond motifs is 2. The Balaban J connectivity index is 1.47. The van der Waals surface area contributed by atoms with Gasteiger partial charge in [-0.3, -0.25) is 4.79 Å². The second kappa shape index (κ2) is 7.76. The first-order valence-electron chi connectivity index (χ1n) is 10.9. The lowest BCUT2D eigenvalue weighted by atomic mass is 9.73. The zero-order valence-electron chi connectivity index (χ0n) is 17.2. The van der Waals surface area contributed by atoms with Crippen LogP contribution in [-0.2, 0) is 10.2 Å². The number of likely N-dealkylation sites (tertiary alicyclic amines) is 2. The SMILES string of the molecule is CC(C)NC(=O)N1CCC2(CC1)CC(CC(=O)N1CCCC1)c1ccccc12. The van der Waals surface area contributed by atoms with Crippen molar-refractivity contribution < 1.29 is 9.59 Å². The second-order valence-electron chi connectivity index (χ2n) is 9.15. The molecule has 0 radical (unpaired) electrons. The summed E-state index contributed by atoms with van der Waals surface area (Å²) in [6.45, 7) is 7.44. The van der Waals surface area contributed by atoms with Gasteiger partial charge in [0, 0.05) is 38.6 Å². The standard InChI is InChI=1S/C23H33N3O2/c1-17(2)24-22(28)26-13-9-23(10-14-26)16-18(19-7-3-4-8-20(19)23)15-21(27)25-11-5-6-12-25/h3-4,7-8,17-18H,5-6,9-16H2,1-2H3,(H,24,28). The summed E-state index contributed by atoms with van der Waals surface area (Å²) in [6, 6.07) is 8.94. The lowest BCUT2D eigenvalue weighted by Gasteiger charge is -2.40. The molecule has 2 fully saturated rings. The maximum Gasteiger partial charge on any atom is 0.317 e. The topological polar surface area (TPSA) is 52.7 Å². The molecular formula is C23H33N3O2. The summed E-state index contributed by atoms with van der Waals surface area (Å²) in [7, 11) is 0. The van der Waals surface area contributed by atoms with Gasteiger partial charge in [0.25, 0.3) is 0 Å². The molecule has 1 atom stereocenters. The molecule has 152 valence electrons. The van der Waals surface area contributed by atoms with Crippen molar-refractivity contribution in [2.24, 2.45) is 0 Å². The van der Waals surface area contributed by atoms with Crippen molar-refractivity contribution in [1.82, 2.24) is 15.1 Å². The Hall–Kier alpha value is -2.04. The molecule has 1 N–H and O–H groups in total. The van der Waals surface area contributed by atoms with Crippen molar-refractivity contribution in [3.8, 4) is 0 Å². The Morgan fingerprint density at radius 1 is 1.07 bits per heavy atom. The van der Waals surface area contributed by atoms with E-state index in [0.29, 0.717) is 18.2 Å². The Bertz CT molecular complexity index is 731. The van der Waals surface area contributed by atoms with Gasteiger partial charge < -0.3 is 15.1 Å². The average molecular weight is 384 g/mol. The highest BCUT2D eigenvalue weighted by molar-refractivity contribution is 5.78. The molecule has 2 aliphatic heterocycles. The van der Waals surface area contributed by atoms with Gasteiger partial charge in [-0.25, -0.2) is 4.79 Å². The van der Waals surface area contributed by atoms with E-state index in [4.69, 9.17) is 0 Å². The van der Waals surface area contributed by atoms with Gasteiger partial charge in [0.05, 0.1) is 0 Å². The molecular weight excluding hydrogens is 350 g/mol. The number of hydrogen-bond donors (Lipinski definition) is 1. The van der Waals surface area contributed by atoms with Gasteiger partial charge in [0.15, 0.2) is 0 Å². The van der Waals surface area contributed by atoms with Crippen LogP contribution >= 0.6 is 0 Å². The van der Waals surface area contributed by atoms with E-state index in [-0.39, 0.29) is 17.5 Å². The molecule has 1 spiro atoms. The molecule has 28 heavy (non-hydrogen) atoms. The predicted octanol–water partition coefficient (Wildman–Crippen LogP) is 3.64. The number of carbonyl (C=O) groups is 2. The monoisotopic (exact) mass is 383 g/mol. The van der Waals surface area contributed by atoms with E-state index in [2.05, 4.69) is 29.6 Å². The summed E-state index contributed by atoms with van der Waals surface area (Å²) in [5.41, 5.74) is 2.93. The van der Waals surface area contributed by atoms with Gasteiger partial charge in [-0.2, -0.15) is 0 Å². The average Bonchev–Trinajstić information content (AvgIpc) is 3.30. The van der Waals surface area contributed by atoms with Crippen LogP contribution in [0.4, 0.5) is 4.79 Å². The highest BCUT2D eigenvalue weighted by atomic mass is 16.2. The second-order valence-corrected chi connectivity index (χ2v) is 9.15. The molecule has 3 aliphatic rings. The third-order valence-electron chi connectivity index (χ3n) is 6.91. The summed E-state index contributed by atoms with van der Waals surface area (Å²) < 4.78 is 0. The first-order chi connectivity index (χ1) is 13.5. The number of benzene rings is 1. The third kappa shape index (κ3) is 3.63. The van der Waals surface area contributed by atoms with Gasteiger partial charge in [-0.05, 0) is 68.4 Å². The molecule has 2 saturated heterocycles. The zero-order chi connectivity index (χ0) is 19.7. The minimum Gasteiger partial charge on any atom is -0.343 e. The maximum atomic E-state index is 12.8. The molecule has 1 aliphatic carbocycles. The molecule has 5 heteroatoms. The lowest BCUT2D eigenvalue weighted by Crippen LogP contribution is -2.49. The number of hydrogen-bond acceptors (Lipinski definition) is 2. The van der Waals surface area contributed by atoms with E-state index in [1.807, 2.05) is 23.6 Å². The maximum absolute atomic E-state index is 12.8. The van der Waals surface area contributed by atoms with Crippen LogP contribution in [0.1, 0.15) is 69.4 Å². The summed E-state index contributed by atoms with van der Waals surface area (Å²) in [5.74, 6) is 0.642. The zero-order valence-corrected chi connectivity index (χ0v) is 17.2. The number of nitrogens with zero attached hydrogens (tertiary/aromatic N) is 2. The molecule has 0 bridgehead atoms. The predicted molar refractivity (Wildman–Crippen MR) is 110 cm³/mol. The van der Waals surface area contributed by atoms with Gasteiger partial charge in [0.2, 0.25) is 5.91 Å². The van der Waals surface area contributed by atoms with E-state index in [0.717, 1.165) is 58.3 Å². The fourth-order valence-corrected chi connectivity index (χ4v) is 5.47. The summed E-state index contributed by atoms with van der Waals surface area (Å²) in [6.07, 6.45) is 5.95. The first-order valence-corrected chi connectivity index (χ1v) is 10.9. The van der Waals surface area contributed by atoms with E-state index in [9.17, 15) is 9.59 Å². The van der Waals surface area contributed by atoms with Crippen molar-refractivity contribution in [3.05, 3.63) is 35.4 Å². The van der Waals surface area contributed by atoms with Crippen molar-refractivity contribution in [2.75, 3.05) is 26.2 Å². The molecule has 2 heterocycles. The number of urea groups is 1. The lowest BCUT2D eigenvalue weighted by molar-refractivity contribution is -0.130. The van der Waals surface area contributed by atoms with Crippen LogP contribution in [0, 0.1) is 0 Å². The van der Waals surface area contributed by atoms with Crippen LogP contribution in [0.25, 0.3) is 0 Å². The fourth-order valence-electron chi connectivity index (χ4n) is 5.47. The number of nitrogens with one attached hydrogen (secondary N) is 1. The molecule has 0 saturated carbocycles. The van der Waals surface area contributed by atoms with Gasteiger partial charge in [-0.15, -0.1) is 0 Å². The number of piperidine rings is 1. The van der Waals surface area contributed by atoms with Crippen molar-refractivity contribution in [1.29, 1.82) is 0 Å². The van der Waals surface area contributed by atoms with E-state index >= 15 is 0 Å². The van der Waals surface area contributed by atoms with Crippen LogP contribution in [0.15, 0.2) is 24.3 Å². The van der Waals surface area contributed by atoms with Gasteiger partial charge >= 0.3 is 6.03 Å². The number of rotatable bonds is 3. The number of amides is 3. The van der Waals surface area contributed by atoms with Crippen LogP contribution in [-0.4, -0.2) is 54.0 Å². The quantitative estimate of drug-likeness (QED) is 0.866. The number of carbonyl (C=O) groups excluding carboxylic acids is 2. The van der Waals surface area contributed by atoms with Gasteiger partial charge in [0.1, 0.15) is 0 Å². The fraction of sp³-hybridized carbons (Fsp3) is 0.652. The Morgan fingerprint density at radius 2 is 1.75 bits per heavy atom. The normalized spacial score (nSPS) is 23.3. The first kappa shape index (κ1) is 19.3. The van der Waals surface area contributed by atoms with E-state index in [1.54, 1.807) is 0 Å². The van der Waals surface area contributed by atoms with Crippen LogP contribution in [0.2, 0.25) is 0 Å². The Morgan fingerprint density at radius 3 is 2.43 bits per heavy atom. The molecule has 4 rings (SSSR count). The van der Waals surface area contributed by atoms with Crippen LogP contribution in [0.3, 0.4) is 0 Å². The highest BCUT2D eigenvalue weighted by Crippen LogP contribution is 2.52. The molecule has 5 nitrogen and oxygen atoms in total. The van der Waals surface area contributed by atoms with Crippen LogP contribution in [0.5, 0.6) is 0 Å². The van der Waals surface area contributed by atoms with Crippen LogP contribution < -0.4 is 5.32 Å². The Labute approximate surface area is 168 Å². The summed E-state index contributed by atoms with van der Waals surface area (Å²) in [5, 5.41) is 3.01. The summed E-state index contributed by atoms with van der Waals surface area (Å²) >= 11 is 0. The molecule has 1 unspecified atom stereocenters. The largest absolute Gasteiger partial charge is 0.343 e. The van der Waals surface area contributed by atoms with E-state index < -0.39 is 0 Å². The van der Waals surface area contributed by atoms with Crippen molar-refractivity contribution >= 4 is 11.9 Å². The minimum absolute atomic E-state index is 0.0527. The van der Waals surface area contributed by atoms with E-state index in [1.165, 1.54) is 11.1 Å².